The fourth-order valence-electron chi connectivity index (χ4n) is 2.86. The Morgan fingerprint density at radius 2 is 2.10 bits per heavy atom. The zero-order valence-electron chi connectivity index (χ0n) is 11.2. The first-order valence-electron chi connectivity index (χ1n) is 6.63. The molecule has 3 rings (SSSR count). The summed E-state index contributed by atoms with van der Waals surface area (Å²) in [5.74, 6) is 1.26. The van der Waals surface area contributed by atoms with Crippen molar-refractivity contribution >= 4 is 31.9 Å². The summed E-state index contributed by atoms with van der Waals surface area (Å²) in [6.45, 7) is 0.832. The number of hydrogen-bond acceptors (Lipinski definition) is 4. The maximum absolute atomic E-state index is 10.9. The fraction of sp³-hybridized carbons (Fsp3) is 0.333. The van der Waals surface area contributed by atoms with Gasteiger partial charge in [0.2, 0.25) is 0 Å². The van der Waals surface area contributed by atoms with E-state index in [1.54, 1.807) is 6.07 Å². The molecular weight excluding hydrogens is 402 g/mol. The zero-order chi connectivity index (χ0) is 15.0. The Morgan fingerprint density at radius 1 is 1.33 bits per heavy atom. The quantitative estimate of drug-likeness (QED) is 0.803. The molecule has 0 spiro atoms. The summed E-state index contributed by atoms with van der Waals surface area (Å²) in [5, 5.41) is 10.9. The SMILES string of the molecule is NCC1(C(O)c2cc(Br)c(Br)o2)CCOc2ccccc21. The van der Waals surface area contributed by atoms with E-state index in [1.807, 2.05) is 24.3 Å². The van der Waals surface area contributed by atoms with E-state index in [1.165, 1.54) is 0 Å². The van der Waals surface area contributed by atoms with Crippen molar-refractivity contribution in [3.05, 3.63) is 50.8 Å². The molecule has 0 bridgehead atoms. The summed E-state index contributed by atoms with van der Waals surface area (Å²) in [6, 6.07) is 9.47. The van der Waals surface area contributed by atoms with Crippen LogP contribution in [0, 0.1) is 0 Å². The molecule has 0 radical (unpaired) electrons. The van der Waals surface area contributed by atoms with Crippen molar-refractivity contribution in [1.82, 2.24) is 0 Å². The smallest absolute Gasteiger partial charge is 0.183 e. The predicted octanol–water partition coefficient (Wildman–Crippen LogP) is 3.52. The maximum Gasteiger partial charge on any atom is 0.183 e. The molecule has 112 valence electrons. The van der Waals surface area contributed by atoms with Crippen molar-refractivity contribution in [1.29, 1.82) is 0 Å². The summed E-state index contributed by atoms with van der Waals surface area (Å²) < 4.78 is 12.6. The first-order chi connectivity index (χ1) is 10.1. The average Bonchev–Trinajstić information content (AvgIpc) is 2.85. The van der Waals surface area contributed by atoms with Gasteiger partial charge in [0.15, 0.2) is 4.67 Å². The van der Waals surface area contributed by atoms with Crippen LogP contribution in [0.4, 0.5) is 0 Å². The van der Waals surface area contributed by atoms with E-state index in [0.29, 0.717) is 30.0 Å². The van der Waals surface area contributed by atoms with Crippen molar-refractivity contribution in [2.45, 2.75) is 17.9 Å². The van der Waals surface area contributed by atoms with Gasteiger partial charge < -0.3 is 20.0 Å². The van der Waals surface area contributed by atoms with E-state index in [2.05, 4.69) is 31.9 Å². The monoisotopic (exact) mass is 415 g/mol. The normalized spacial score (nSPS) is 22.5. The number of para-hydroxylation sites is 1. The molecule has 4 nitrogen and oxygen atoms in total. The molecule has 0 saturated heterocycles. The predicted molar refractivity (Wildman–Crippen MR) is 86.4 cm³/mol. The molecule has 2 atom stereocenters. The Kier molecular flexibility index (Phi) is 4.14. The second-order valence-corrected chi connectivity index (χ2v) is 6.70. The molecule has 6 heteroatoms. The van der Waals surface area contributed by atoms with Crippen molar-refractivity contribution in [2.75, 3.05) is 13.2 Å². The van der Waals surface area contributed by atoms with E-state index in [9.17, 15) is 5.11 Å². The molecule has 2 aromatic rings. The lowest BCUT2D eigenvalue weighted by Crippen LogP contribution is -2.44. The summed E-state index contributed by atoms with van der Waals surface area (Å²) in [5.41, 5.74) is 6.38. The van der Waals surface area contributed by atoms with Gasteiger partial charge in [0.05, 0.1) is 11.1 Å². The van der Waals surface area contributed by atoms with E-state index in [0.717, 1.165) is 15.8 Å². The fourth-order valence-corrected chi connectivity index (χ4v) is 3.47. The van der Waals surface area contributed by atoms with Crippen LogP contribution >= 0.6 is 31.9 Å². The van der Waals surface area contributed by atoms with Crippen LogP contribution in [0.3, 0.4) is 0 Å². The average molecular weight is 417 g/mol. The van der Waals surface area contributed by atoms with Gasteiger partial charge >= 0.3 is 0 Å². The van der Waals surface area contributed by atoms with E-state index < -0.39 is 11.5 Å². The number of aliphatic hydroxyl groups is 1. The molecule has 0 amide bonds. The highest BCUT2D eigenvalue weighted by Crippen LogP contribution is 2.47. The van der Waals surface area contributed by atoms with Gasteiger partial charge in [-0.3, -0.25) is 0 Å². The highest BCUT2D eigenvalue weighted by molar-refractivity contribution is 9.13. The first-order valence-corrected chi connectivity index (χ1v) is 8.22. The Hall–Kier alpha value is -0.820. The van der Waals surface area contributed by atoms with Crippen molar-refractivity contribution in [2.24, 2.45) is 5.73 Å². The van der Waals surface area contributed by atoms with E-state index in [-0.39, 0.29) is 0 Å². The molecule has 21 heavy (non-hydrogen) atoms. The topological polar surface area (TPSA) is 68.6 Å². The lowest BCUT2D eigenvalue weighted by molar-refractivity contribution is 0.0369. The number of halogens is 2. The van der Waals surface area contributed by atoms with Gasteiger partial charge in [0.1, 0.15) is 17.6 Å². The minimum Gasteiger partial charge on any atom is -0.493 e. The van der Waals surface area contributed by atoms with E-state index >= 15 is 0 Å². The van der Waals surface area contributed by atoms with Crippen LogP contribution < -0.4 is 10.5 Å². The minimum absolute atomic E-state index is 0.310. The lowest BCUT2D eigenvalue weighted by Gasteiger charge is -2.40. The van der Waals surface area contributed by atoms with Crippen LogP contribution in [0.1, 0.15) is 23.8 Å². The third kappa shape index (κ3) is 2.44. The zero-order valence-corrected chi connectivity index (χ0v) is 14.4. The van der Waals surface area contributed by atoms with Gasteiger partial charge in [-0.1, -0.05) is 18.2 Å². The number of rotatable bonds is 3. The minimum atomic E-state index is -0.838. The van der Waals surface area contributed by atoms with Gasteiger partial charge in [-0.2, -0.15) is 0 Å². The number of furan rings is 1. The van der Waals surface area contributed by atoms with Crippen LogP contribution in [-0.2, 0) is 5.41 Å². The van der Waals surface area contributed by atoms with Gasteiger partial charge in [0, 0.05) is 17.5 Å². The van der Waals surface area contributed by atoms with Crippen molar-refractivity contribution in [3.8, 4) is 5.75 Å². The van der Waals surface area contributed by atoms with Gasteiger partial charge in [-0.15, -0.1) is 0 Å². The highest BCUT2D eigenvalue weighted by atomic mass is 79.9. The molecule has 2 unspecified atom stereocenters. The molecule has 1 aromatic carbocycles. The molecule has 1 aromatic heterocycles. The lowest BCUT2D eigenvalue weighted by atomic mass is 9.71. The molecule has 2 heterocycles. The standard InChI is InChI=1S/C15H15Br2NO3/c16-10-7-12(21-14(10)17)13(19)15(8-18)5-6-20-11-4-2-1-3-9(11)15/h1-4,7,13,19H,5-6,8,18H2. The van der Waals surface area contributed by atoms with E-state index in [4.69, 9.17) is 14.9 Å². The van der Waals surface area contributed by atoms with Crippen LogP contribution in [0.25, 0.3) is 0 Å². The third-order valence-electron chi connectivity index (χ3n) is 4.05. The molecule has 0 saturated carbocycles. The summed E-state index contributed by atoms with van der Waals surface area (Å²) in [4.78, 5) is 0. The number of hydrogen-bond donors (Lipinski definition) is 2. The largest absolute Gasteiger partial charge is 0.493 e. The second-order valence-electron chi connectivity index (χ2n) is 5.13. The van der Waals surface area contributed by atoms with Gasteiger partial charge in [-0.25, -0.2) is 0 Å². The Morgan fingerprint density at radius 3 is 2.76 bits per heavy atom. The van der Waals surface area contributed by atoms with Crippen LogP contribution in [-0.4, -0.2) is 18.3 Å². The van der Waals surface area contributed by atoms with Crippen LogP contribution in [0.2, 0.25) is 0 Å². The molecule has 0 fully saturated rings. The number of ether oxygens (including phenoxy) is 1. The molecule has 1 aliphatic heterocycles. The Bertz CT molecular complexity index is 639. The highest BCUT2D eigenvalue weighted by Gasteiger charge is 2.45. The Labute approximate surface area is 139 Å². The number of aliphatic hydroxyl groups excluding tert-OH is 1. The third-order valence-corrected chi connectivity index (χ3v) is 5.76. The molecular formula is C15H15Br2NO3. The number of benzene rings is 1. The van der Waals surface area contributed by atoms with Crippen LogP contribution in [0.15, 0.2) is 43.9 Å². The molecule has 3 N–H and O–H groups in total. The van der Waals surface area contributed by atoms with Crippen molar-refractivity contribution in [3.63, 3.8) is 0 Å². The summed E-state index contributed by atoms with van der Waals surface area (Å²) >= 11 is 6.67. The van der Waals surface area contributed by atoms with Crippen molar-refractivity contribution < 1.29 is 14.3 Å². The van der Waals surface area contributed by atoms with Crippen LogP contribution in [0.5, 0.6) is 5.75 Å². The van der Waals surface area contributed by atoms with Gasteiger partial charge in [-0.05, 0) is 50.4 Å². The number of nitrogens with two attached hydrogens (primary N) is 1. The maximum atomic E-state index is 10.9. The molecule has 1 aliphatic rings. The Balaban J connectivity index is 2.09. The molecule has 0 aliphatic carbocycles. The second kappa shape index (κ2) is 5.76. The first kappa shape index (κ1) is 15.1. The van der Waals surface area contributed by atoms with Gasteiger partial charge in [0.25, 0.3) is 0 Å². The number of fused-ring (bicyclic) bond motifs is 1. The summed E-state index contributed by atoms with van der Waals surface area (Å²) in [7, 11) is 0. The summed E-state index contributed by atoms with van der Waals surface area (Å²) in [6.07, 6.45) is -0.201.